The number of halogens is 1. The predicted molar refractivity (Wildman–Crippen MR) is 78.9 cm³/mol. The van der Waals surface area contributed by atoms with E-state index in [2.05, 4.69) is 5.32 Å². The average molecular weight is 307 g/mol. The highest BCUT2D eigenvalue weighted by Gasteiger charge is 2.40. The summed E-state index contributed by atoms with van der Waals surface area (Å²) in [5, 5.41) is 2.65. The lowest BCUT2D eigenvalue weighted by molar-refractivity contribution is -0.138. The van der Waals surface area contributed by atoms with Crippen molar-refractivity contribution in [3.8, 4) is 0 Å². The summed E-state index contributed by atoms with van der Waals surface area (Å²) in [6, 6.07) is 5.86. The monoisotopic (exact) mass is 306 g/mol. The number of urea groups is 1. The Bertz CT molecular complexity index is 613. The van der Waals surface area contributed by atoms with Crippen molar-refractivity contribution >= 4 is 29.4 Å². The van der Waals surface area contributed by atoms with E-state index in [4.69, 9.17) is 11.6 Å². The molecule has 1 heterocycles. The number of barbiturate groups is 1. The van der Waals surface area contributed by atoms with E-state index in [0.29, 0.717) is 17.0 Å². The van der Waals surface area contributed by atoms with Gasteiger partial charge in [-0.15, -0.1) is 0 Å². The van der Waals surface area contributed by atoms with Gasteiger partial charge in [-0.3, -0.25) is 19.8 Å². The number of allylic oxidation sites excluding steroid dienone is 1. The first kappa shape index (κ1) is 15.3. The topological polar surface area (TPSA) is 66.5 Å². The Hall–Kier alpha value is -2.14. The molecule has 1 fully saturated rings. The quantitative estimate of drug-likeness (QED) is 0.686. The van der Waals surface area contributed by atoms with Crippen molar-refractivity contribution in [3.05, 3.63) is 47.0 Å². The van der Waals surface area contributed by atoms with E-state index in [1.165, 1.54) is 0 Å². The first-order valence-electron chi connectivity index (χ1n) is 6.57. The smallest absolute Gasteiger partial charge is 0.277 e. The highest BCUT2D eigenvalue weighted by Crippen LogP contribution is 2.25. The second kappa shape index (κ2) is 6.54. The van der Waals surface area contributed by atoms with Gasteiger partial charge in [-0.05, 0) is 31.0 Å². The maximum absolute atomic E-state index is 12.4. The van der Waals surface area contributed by atoms with E-state index in [1.807, 2.05) is 19.1 Å². The number of nitrogens with zero attached hydrogens (tertiary/aromatic N) is 1. The number of rotatable bonds is 4. The molecule has 1 saturated heterocycles. The fraction of sp³-hybridized carbons (Fsp3) is 0.267. The fourth-order valence-electron chi connectivity index (χ4n) is 2.18. The van der Waals surface area contributed by atoms with Gasteiger partial charge in [-0.2, -0.15) is 0 Å². The van der Waals surface area contributed by atoms with Crippen LogP contribution in [-0.4, -0.2) is 29.3 Å². The van der Waals surface area contributed by atoms with E-state index in [9.17, 15) is 14.4 Å². The summed E-state index contributed by atoms with van der Waals surface area (Å²) < 4.78 is 0. The van der Waals surface area contributed by atoms with Gasteiger partial charge in [0.1, 0.15) is 5.92 Å². The number of hydrogen-bond acceptors (Lipinski definition) is 3. The van der Waals surface area contributed by atoms with Crippen LogP contribution in [0, 0.1) is 0 Å². The molecule has 0 aromatic heterocycles. The van der Waals surface area contributed by atoms with Crippen LogP contribution in [0.15, 0.2) is 36.4 Å². The zero-order chi connectivity index (χ0) is 15.4. The molecule has 1 aliphatic rings. The molecule has 110 valence electrons. The number of benzene rings is 1. The van der Waals surface area contributed by atoms with E-state index < -0.39 is 23.8 Å². The molecule has 1 aromatic rings. The standard InChI is InChI=1S/C15H15ClN2O3/c1-2-3-4-8-18-14(20)12(13(19)17-15(18)21)10-6-5-7-11(16)9-10/h2-3,5-7,9,12H,4,8H2,1H3,(H,17,19,21)/b3-2+. The third kappa shape index (κ3) is 3.31. The Morgan fingerprint density at radius 2 is 2.10 bits per heavy atom. The van der Waals surface area contributed by atoms with Crippen molar-refractivity contribution in [2.45, 2.75) is 19.3 Å². The first-order valence-corrected chi connectivity index (χ1v) is 6.95. The minimum absolute atomic E-state index is 0.235. The normalized spacial score (nSPS) is 19.2. The van der Waals surface area contributed by atoms with Crippen LogP contribution in [0.1, 0.15) is 24.8 Å². The first-order chi connectivity index (χ1) is 10.0. The molecule has 4 amide bonds. The van der Waals surface area contributed by atoms with Crippen LogP contribution in [0.2, 0.25) is 5.02 Å². The molecule has 1 unspecified atom stereocenters. The van der Waals surface area contributed by atoms with Crippen LogP contribution in [0.25, 0.3) is 0 Å². The molecule has 1 aliphatic heterocycles. The zero-order valence-corrected chi connectivity index (χ0v) is 12.3. The summed E-state index contributed by atoms with van der Waals surface area (Å²) in [4.78, 5) is 37.2. The molecule has 5 nitrogen and oxygen atoms in total. The van der Waals surface area contributed by atoms with Gasteiger partial charge >= 0.3 is 6.03 Å². The van der Waals surface area contributed by atoms with Crippen molar-refractivity contribution in [2.24, 2.45) is 0 Å². The van der Waals surface area contributed by atoms with E-state index in [-0.39, 0.29) is 6.54 Å². The van der Waals surface area contributed by atoms with Gasteiger partial charge in [-0.25, -0.2) is 4.79 Å². The van der Waals surface area contributed by atoms with E-state index in [1.54, 1.807) is 24.3 Å². The van der Waals surface area contributed by atoms with Crippen LogP contribution in [0.4, 0.5) is 4.79 Å². The molecule has 0 saturated carbocycles. The number of nitrogens with one attached hydrogen (secondary N) is 1. The number of carbonyl (C=O) groups excluding carboxylic acids is 3. The van der Waals surface area contributed by atoms with Gasteiger partial charge in [0.25, 0.3) is 0 Å². The van der Waals surface area contributed by atoms with Gasteiger partial charge < -0.3 is 0 Å². The zero-order valence-electron chi connectivity index (χ0n) is 11.5. The number of amides is 4. The lowest BCUT2D eigenvalue weighted by Gasteiger charge is -2.30. The van der Waals surface area contributed by atoms with Crippen molar-refractivity contribution in [3.63, 3.8) is 0 Å². The molecule has 0 aliphatic carbocycles. The Labute approximate surface area is 127 Å². The van der Waals surface area contributed by atoms with Crippen LogP contribution in [0.3, 0.4) is 0 Å². The molecule has 1 atom stereocenters. The van der Waals surface area contributed by atoms with E-state index >= 15 is 0 Å². The Morgan fingerprint density at radius 3 is 2.76 bits per heavy atom. The summed E-state index contributed by atoms with van der Waals surface area (Å²) in [5.74, 6) is -2.17. The van der Waals surface area contributed by atoms with Gasteiger partial charge in [0, 0.05) is 11.6 Å². The molecule has 2 rings (SSSR count). The molecule has 0 radical (unpaired) electrons. The lowest BCUT2D eigenvalue weighted by Crippen LogP contribution is -2.56. The van der Waals surface area contributed by atoms with Crippen molar-refractivity contribution in [1.82, 2.24) is 10.2 Å². The van der Waals surface area contributed by atoms with Gasteiger partial charge in [0.15, 0.2) is 0 Å². The molecule has 0 spiro atoms. The van der Waals surface area contributed by atoms with Crippen LogP contribution in [-0.2, 0) is 9.59 Å². The summed E-state index contributed by atoms with van der Waals surface area (Å²) in [6.45, 7) is 2.09. The predicted octanol–water partition coefficient (Wildman–Crippen LogP) is 2.47. The van der Waals surface area contributed by atoms with Crippen molar-refractivity contribution in [1.29, 1.82) is 0 Å². The second-order valence-electron chi connectivity index (χ2n) is 4.63. The second-order valence-corrected chi connectivity index (χ2v) is 5.07. The van der Waals surface area contributed by atoms with Gasteiger partial charge in [0.2, 0.25) is 11.8 Å². The maximum atomic E-state index is 12.4. The summed E-state index contributed by atoms with van der Waals surface area (Å²) in [6.07, 6.45) is 4.24. The summed E-state index contributed by atoms with van der Waals surface area (Å²) >= 11 is 5.89. The van der Waals surface area contributed by atoms with Crippen LogP contribution < -0.4 is 5.32 Å². The van der Waals surface area contributed by atoms with Crippen LogP contribution in [0.5, 0.6) is 0 Å². The SMILES string of the molecule is C/C=C/CCN1C(=O)NC(=O)C(c2cccc(Cl)c2)C1=O. The highest BCUT2D eigenvalue weighted by atomic mass is 35.5. The molecule has 1 N–H and O–H groups in total. The molecular weight excluding hydrogens is 292 g/mol. The Balaban J connectivity index is 2.26. The summed E-state index contributed by atoms with van der Waals surface area (Å²) in [7, 11) is 0. The fourth-order valence-corrected chi connectivity index (χ4v) is 2.37. The number of carbonyl (C=O) groups is 3. The maximum Gasteiger partial charge on any atom is 0.330 e. The third-order valence-corrected chi connectivity index (χ3v) is 3.42. The summed E-state index contributed by atoms with van der Waals surface area (Å²) in [5.41, 5.74) is 0.480. The van der Waals surface area contributed by atoms with Gasteiger partial charge in [0.05, 0.1) is 0 Å². The Kier molecular flexibility index (Phi) is 4.75. The molecule has 1 aromatic carbocycles. The van der Waals surface area contributed by atoms with Gasteiger partial charge in [-0.1, -0.05) is 35.9 Å². The van der Waals surface area contributed by atoms with Crippen molar-refractivity contribution in [2.75, 3.05) is 6.54 Å². The van der Waals surface area contributed by atoms with Crippen LogP contribution >= 0.6 is 11.6 Å². The number of hydrogen-bond donors (Lipinski definition) is 1. The molecule has 21 heavy (non-hydrogen) atoms. The largest absolute Gasteiger partial charge is 0.330 e. The van der Waals surface area contributed by atoms with Crippen molar-refractivity contribution < 1.29 is 14.4 Å². The molecular formula is C15H15ClN2O3. The molecule has 0 bridgehead atoms. The minimum atomic E-state index is -1.04. The highest BCUT2D eigenvalue weighted by molar-refractivity contribution is 6.30. The lowest BCUT2D eigenvalue weighted by atomic mass is 9.95. The average Bonchev–Trinajstić information content (AvgIpc) is 2.42. The number of imide groups is 2. The minimum Gasteiger partial charge on any atom is -0.277 e. The molecule has 6 heteroatoms. The van der Waals surface area contributed by atoms with E-state index in [0.717, 1.165) is 4.90 Å². The third-order valence-electron chi connectivity index (χ3n) is 3.19. The Morgan fingerprint density at radius 1 is 1.33 bits per heavy atom.